The molecule has 1 aromatic carbocycles. The van der Waals surface area contributed by atoms with Crippen LogP contribution in [-0.2, 0) is 13.1 Å². The molecule has 0 amide bonds. The van der Waals surface area contributed by atoms with Crippen molar-refractivity contribution in [2.75, 3.05) is 5.32 Å². The summed E-state index contributed by atoms with van der Waals surface area (Å²) in [6.07, 6.45) is 1.59. The average Bonchev–Trinajstić information content (AvgIpc) is 2.38. The van der Waals surface area contributed by atoms with Gasteiger partial charge in [-0.2, -0.15) is 5.10 Å². The molecular weight excluding hydrogens is 219 g/mol. The van der Waals surface area contributed by atoms with E-state index in [0.717, 1.165) is 5.56 Å². The van der Waals surface area contributed by atoms with Crippen LogP contribution in [0.4, 0.5) is 10.2 Å². The third kappa shape index (κ3) is 2.98. The first-order valence-electron chi connectivity index (χ1n) is 5.28. The predicted molar refractivity (Wildman–Crippen MR) is 63.7 cm³/mol. The van der Waals surface area contributed by atoms with Crippen LogP contribution in [0.1, 0.15) is 11.1 Å². The van der Waals surface area contributed by atoms with Crippen LogP contribution in [0, 0.1) is 5.82 Å². The minimum Gasteiger partial charge on any atom is -0.364 e. The number of rotatable bonds is 4. The molecule has 0 fully saturated rings. The standard InChI is InChI=1S/C12H13FN4/c13-11-6-9(7-14)3-4-10(11)8-15-12-2-1-5-16-17-12/h1-6H,7-8,14H2,(H,15,17). The second kappa shape index (κ2) is 5.36. The molecule has 0 atom stereocenters. The van der Waals surface area contributed by atoms with Gasteiger partial charge in [0.15, 0.2) is 0 Å². The Morgan fingerprint density at radius 3 is 2.82 bits per heavy atom. The molecule has 0 aliphatic heterocycles. The van der Waals surface area contributed by atoms with Gasteiger partial charge in [-0.15, -0.1) is 5.10 Å². The Kier molecular flexibility index (Phi) is 3.62. The molecule has 0 radical (unpaired) electrons. The van der Waals surface area contributed by atoms with Gasteiger partial charge in [0.05, 0.1) is 0 Å². The average molecular weight is 232 g/mol. The zero-order valence-electron chi connectivity index (χ0n) is 9.23. The van der Waals surface area contributed by atoms with E-state index in [0.29, 0.717) is 24.5 Å². The number of halogens is 1. The lowest BCUT2D eigenvalue weighted by molar-refractivity contribution is 0.610. The summed E-state index contributed by atoms with van der Waals surface area (Å²) in [6, 6.07) is 8.54. The monoisotopic (exact) mass is 232 g/mol. The molecule has 0 aliphatic rings. The van der Waals surface area contributed by atoms with Crippen LogP contribution < -0.4 is 11.1 Å². The molecular formula is C12H13FN4. The van der Waals surface area contributed by atoms with E-state index in [9.17, 15) is 4.39 Å². The highest BCUT2D eigenvalue weighted by molar-refractivity contribution is 5.34. The Labute approximate surface area is 98.7 Å². The van der Waals surface area contributed by atoms with E-state index in [1.807, 2.05) is 6.07 Å². The third-order valence-corrected chi connectivity index (χ3v) is 2.39. The molecule has 17 heavy (non-hydrogen) atoms. The van der Waals surface area contributed by atoms with Crippen molar-refractivity contribution in [2.24, 2.45) is 5.73 Å². The predicted octanol–water partition coefficient (Wildman–Crippen LogP) is 1.69. The Bertz CT molecular complexity index is 487. The zero-order valence-corrected chi connectivity index (χ0v) is 9.23. The van der Waals surface area contributed by atoms with Gasteiger partial charge in [0, 0.05) is 24.8 Å². The number of aromatic nitrogens is 2. The SMILES string of the molecule is NCc1ccc(CNc2cccnn2)c(F)c1. The van der Waals surface area contributed by atoms with Crippen LogP contribution in [0.15, 0.2) is 36.5 Å². The van der Waals surface area contributed by atoms with E-state index in [-0.39, 0.29) is 5.82 Å². The molecule has 0 bridgehead atoms. The fourth-order valence-corrected chi connectivity index (χ4v) is 1.44. The lowest BCUT2D eigenvalue weighted by atomic mass is 10.1. The van der Waals surface area contributed by atoms with Crippen LogP contribution in [0.3, 0.4) is 0 Å². The molecule has 88 valence electrons. The highest BCUT2D eigenvalue weighted by Crippen LogP contribution is 2.11. The van der Waals surface area contributed by atoms with E-state index < -0.39 is 0 Å². The van der Waals surface area contributed by atoms with Crippen LogP contribution in [-0.4, -0.2) is 10.2 Å². The molecule has 0 spiro atoms. The van der Waals surface area contributed by atoms with Crippen molar-refractivity contribution in [1.29, 1.82) is 0 Å². The largest absolute Gasteiger partial charge is 0.364 e. The summed E-state index contributed by atoms with van der Waals surface area (Å²) in [5, 5.41) is 10.6. The van der Waals surface area contributed by atoms with E-state index in [1.54, 1.807) is 24.4 Å². The Hall–Kier alpha value is -2.01. The Morgan fingerprint density at radius 1 is 1.29 bits per heavy atom. The number of nitrogens with two attached hydrogens (primary N) is 1. The topological polar surface area (TPSA) is 63.8 Å². The Morgan fingerprint density at radius 2 is 2.18 bits per heavy atom. The molecule has 0 unspecified atom stereocenters. The van der Waals surface area contributed by atoms with Crippen LogP contribution in [0.5, 0.6) is 0 Å². The second-order valence-corrected chi connectivity index (χ2v) is 3.59. The fourth-order valence-electron chi connectivity index (χ4n) is 1.44. The molecule has 2 aromatic rings. The molecule has 1 aromatic heterocycles. The van der Waals surface area contributed by atoms with E-state index >= 15 is 0 Å². The van der Waals surface area contributed by atoms with Gasteiger partial charge in [0.25, 0.3) is 0 Å². The molecule has 0 saturated heterocycles. The van der Waals surface area contributed by atoms with Crippen molar-refractivity contribution < 1.29 is 4.39 Å². The van der Waals surface area contributed by atoms with Crippen molar-refractivity contribution in [3.05, 3.63) is 53.5 Å². The summed E-state index contributed by atoms with van der Waals surface area (Å²) in [7, 11) is 0. The summed E-state index contributed by atoms with van der Waals surface area (Å²) in [4.78, 5) is 0. The second-order valence-electron chi connectivity index (χ2n) is 3.59. The molecule has 2 rings (SSSR count). The van der Waals surface area contributed by atoms with Crippen LogP contribution >= 0.6 is 0 Å². The fraction of sp³-hybridized carbons (Fsp3) is 0.167. The van der Waals surface area contributed by atoms with Gasteiger partial charge in [-0.3, -0.25) is 0 Å². The van der Waals surface area contributed by atoms with Gasteiger partial charge >= 0.3 is 0 Å². The number of hydrogen-bond donors (Lipinski definition) is 2. The minimum absolute atomic E-state index is 0.260. The third-order valence-electron chi connectivity index (χ3n) is 2.39. The molecule has 1 heterocycles. The van der Waals surface area contributed by atoms with Crippen LogP contribution in [0.2, 0.25) is 0 Å². The van der Waals surface area contributed by atoms with Crippen molar-refractivity contribution in [2.45, 2.75) is 13.1 Å². The summed E-state index contributed by atoms with van der Waals surface area (Å²) >= 11 is 0. The number of nitrogens with one attached hydrogen (secondary N) is 1. The van der Waals surface area contributed by atoms with E-state index in [2.05, 4.69) is 15.5 Å². The molecule has 5 heteroatoms. The summed E-state index contributed by atoms with van der Waals surface area (Å²) in [5.74, 6) is 0.360. The van der Waals surface area contributed by atoms with E-state index in [4.69, 9.17) is 5.73 Å². The quantitative estimate of drug-likeness (QED) is 0.842. The van der Waals surface area contributed by atoms with Gasteiger partial charge in [-0.25, -0.2) is 4.39 Å². The number of anilines is 1. The normalized spacial score (nSPS) is 10.2. The lowest BCUT2D eigenvalue weighted by Crippen LogP contribution is -2.05. The smallest absolute Gasteiger partial charge is 0.148 e. The maximum Gasteiger partial charge on any atom is 0.148 e. The van der Waals surface area contributed by atoms with Crippen molar-refractivity contribution in [1.82, 2.24) is 10.2 Å². The van der Waals surface area contributed by atoms with Gasteiger partial charge < -0.3 is 11.1 Å². The maximum atomic E-state index is 13.6. The maximum absolute atomic E-state index is 13.6. The summed E-state index contributed by atoms with van der Waals surface area (Å²) in [5.41, 5.74) is 6.79. The number of benzene rings is 1. The first kappa shape index (κ1) is 11.5. The van der Waals surface area contributed by atoms with Crippen molar-refractivity contribution >= 4 is 5.82 Å². The van der Waals surface area contributed by atoms with Gasteiger partial charge in [-0.1, -0.05) is 12.1 Å². The number of hydrogen-bond acceptors (Lipinski definition) is 4. The van der Waals surface area contributed by atoms with Gasteiger partial charge in [0.1, 0.15) is 11.6 Å². The summed E-state index contributed by atoms with van der Waals surface area (Å²) in [6.45, 7) is 0.712. The van der Waals surface area contributed by atoms with Crippen LogP contribution in [0.25, 0.3) is 0 Å². The molecule has 0 saturated carbocycles. The minimum atomic E-state index is -0.260. The van der Waals surface area contributed by atoms with Gasteiger partial charge in [0.2, 0.25) is 0 Å². The van der Waals surface area contributed by atoms with Crippen molar-refractivity contribution in [3.8, 4) is 0 Å². The molecule has 3 N–H and O–H groups in total. The van der Waals surface area contributed by atoms with Gasteiger partial charge in [-0.05, 0) is 23.8 Å². The first-order valence-corrected chi connectivity index (χ1v) is 5.28. The highest BCUT2D eigenvalue weighted by Gasteiger charge is 2.03. The highest BCUT2D eigenvalue weighted by atomic mass is 19.1. The molecule has 0 aliphatic carbocycles. The first-order chi connectivity index (χ1) is 8.29. The summed E-state index contributed by atoms with van der Waals surface area (Å²) < 4.78 is 13.6. The Balaban J connectivity index is 2.04. The number of nitrogens with zero attached hydrogens (tertiary/aromatic N) is 2. The lowest BCUT2D eigenvalue weighted by Gasteiger charge is -2.07. The zero-order chi connectivity index (χ0) is 12.1. The van der Waals surface area contributed by atoms with E-state index in [1.165, 1.54) is 6.07 Å². The van der Waals surface area contributed by atoms with Crippen molar-refractivity contribution in [3.63, 3.8) is 0 Å². The molecule has 4 nitrogen and oxygen atoms in total.